The van der Waals surface area contributed by atoms with Crippen LogP contribution in [0.5, 0.6) is 0 Å². The molecule has 0 aliphatic carbocycles. The molecule has 0 radical (unpaired) electrons. The molecule has 0 unspecified atom stereocenters. The normalized spacial score (nSPS) is 14.8. The van der Waals surface area contributed by atoms with E-state index in [1.54, 1.807) is 48.5 Å². The third-order valence-electron chi connectivity index (χ3n) is 10.5. The molecule has 5 nitrogen and oxygen atoms in total. The molecule has 0 aliphatic rings. The van der Waals surface area contributed by atoms with Crippen LogP contribution in [-0.4, -0.2) is 32.2 Å². The number of nitrogens with zero attached hydrogens (tertiary/aromatic N) is 5. The molecule has 0 saturated carbocycles. The Bertz CT molecular complexity index is 3690. The number of rotatable bonds is 7. The Hall–Kier alpha value is -7.41. The fourth-order valence-corrected chi connectivity index (χ4v) is 12.6. The SMILES string of the molecule is [2H]c1c([2H])c(-c2nc(-n3c4ccccc4c4c([2H])c([2H])c([2H])c([2H])c43)nc(-n3c4ccccc4c4c([2H])c([2H])c([2H])c([2H])c43)n2)c([2H])c([Si](c2ccccc2)(c2ccccc2)c2ccccc2)c1[2H]. The average Bonchev–Trinajstić information content (AvgIpc) is 3.92. The van der Waals surface area contributed by atoms with Crippen molar-refractivity contribution in [3.8, 4) is 23.3 Å². The van der Waals surface area contributed by atoms with Gasteiger partial charge in [-0.15, -0.1) is 0 Å². The van der Waals surface area contributed by atoms with Gasteiger partial charge >= 0.3 is 0 Å². The van der Waals surface area contributed by atoms with Crippen LogP contribution < -0.4 is 20.7 Å². The second kappa shape index (κ2) is 13.4. The molecule has 0 spiro atoms. The Morgan fingerprint density at radius 3 is 1.30 bits per heavy atom. The number of aromatic nitrogens is 5. The molecule has 0 aliphatic heterocycles. The van der Waals surface area contributed by atoms with Crippen molar-refractivity contribution in [2.45, 2.75) is 0 Å². The van der Waals surface area contributed by atoms with Crippen molar-refractivity contribution in [1.29, 1.82) is 0 Å². The predicted molar refractivity (Wildman–Crippen MR) is 238 cm³/mol. The van der Waals surface area contributed by atoms with Crippen LogP contribution in [-0.2, 0) is 0 Å². The quantitative estimate of drug-likeness (QED) is 0.120. The maximum Gasteiger partial charge on any atom is 0.240 e. The van der Waals surface area contributed by atoms with Crippen molar-refractivity contribution >= 4 is 72.4 Å². The topological polar surface area (TPSA) is 48.5 Å². The summed E-state index contributed by atoms with van der Waals surface area (Å²) in [4.78, 5) is 15.0. The van der Waals surface area contributed by atoms with E-state index in [0.29, 0.717) is 21.8 Å². The summed E-state index contributed by atoms with van der Waals surface area (Å²) in [6, 6.07) is 37.6. The summed E-state index contributed by atoms with van der Waals surface area (Å²) in [6.07, 6.45) is 0. The van der Waals surface area contributed by atoms with Gasteiger partial charge in [-0.3, -0.25) is 9.13 Å². The van der Waals surface area contributed by atoms with Gasteiger partial charge < -0.3 is 0 Å². The average molecular weight is 758 g/mol. The van der Waals surface area contributed by atoms with Crippen molar-refractivity contribution in [2.75, 3.05) is 0 Å². The van der Waals surface area contributed by atoms with E-state index in [9.17, 15) is 8.22 Å². The van der Waals surface area contributed by atoms with Crippen molar-refractivity contribution in [2.24, 2.45) is 0 Å². The van der Waals surface area contributed by atoms with Gasteiger partial charge in [0.25, 0.3) is 0 Å². The second-order valence-corrected chi connectivity index (χ2v) is 17.2. The zero-order valence-electron chi connectivity index (χ0n) is 42.0. The highest BCUT2D eigenvalue weighted by Gasteiger charge is 2.41. The van der Waals surface area contributed by atoms with E-state index >= 15 is 0 Å². The highest BCUT2D eigenvalue weighted by atomic mass is 28.3. The smallest absolute Gasteiger partial charge is 0.240 e. The van der Waals surface area contributed by atoms with E-state index in [1.807, 2.05) is 91.0 Å². The lowest BCUT2D eigenvalue weighted by Gasteiger charge is -2.34. The summed E-state index contributed by atoms with van der Waals surface area (Å²) >= 11 is 0. The first-order valence-corrected chi connectivity index (χ1v) is 20.3. The number of benzene rings is 8. The molecule has 3 aromatic heterocycles. The van der Waals surface area contributed by atoms with Crippen LogP contribution in [0.2, 0.25) is 0 Å². The maximum absolute atomic E-state index is 10.4. The zero-order valence-corrected chi connectivity index (χ0v) is 31.0. The number of para-hydroxylation sites is 4. The van der Waals surface area contributed by atoms with E-state index < -0.39 is 56.4 Å². The maximum atomic E-state index is 10.4. The molecule has 11 aromatic rings. The summed E-state index contributed by atoms with van der Waals surface area (Å²) in [5, 5.41) is 3.90. The molecular weight excluding hydrogens is 711 g/mol. The number of hydrogen-bond donors (Lipinski definition) is 0. The van der Waals surface area contributed by atoms with E-state index in [1.165, 1.54) is 9.13 Å². The van der Waals surface area contributed by atoms with E-state index in [-0.39, 0.29) is 74.4 Å². The van der Waals surface area contributed by atoms with Crippen molar-refractivity contribution < 1.29 is 16.4 Å². The van der Waals surface area contributed by atoms with Gasteiger partial charge in [0.05, 0.1) is 38.5 Å². The standard InChI is InChI=1S/C51H35N5Si/c1-4-20-37(21-5-1)57(38-22-6-2-7-23-38,39-24-8-3-9-25-39)40-26-18-19-36(35-40)49-52-50(55-45-31-14-10-27-41(45)42-28-11-15-32-46(42)55)54-51(53-49)56-47-33-16-12-29-43(47)44-30-13-17-34-48(44)56/h1-35H/i10D,12D,14D,16D,18D,19D,26D,27D,29D,31D,33D,35D. The molecular formula is C51H35N5Si. The largest absolute Gasteiger partial charge is 0.278 e. The molecule has 0 amide bonds. The molecule has 0 atom stereocenters. The van der Waals surface area contributed by atoms with Crippen LogP contribution in [0, 0.1) is 0 Å². The van der Waals surface area contributed by atoms with Crippen molar-refractivity contribution in [3.63, 3.8) is 0 Å². The van der Waals surface area contributed by atoms with Gasteiger partial charge in [0.2, 0.25) is 11.9 Å². The first-order valence-electron chi connectivity index (χ1n) is 24.3. The molecule has 0 saturated heterocycles. The Kier molecular flexibility index (Phi) is 5.37. The molecule has 8 aromatic carbocycles. The van der Waals surface area contributed by atoms with Gasteiger partial charge in [0.1, 0.15) is 0 Å². The third-order valence-corrected chi connectivity index (χ3v) is 15.1. The molecule has 0 N–H and O–H groups in total. The minimum Gasteiger partial charge on any atom is -0.278 e. The third kappa shape index (κ3) is 5.19. The van der Waals surface area contributed by atoms with Gasteiger partial charge in [-0.1, -0.05) is 188 Å². The first-order chi connectivity index (χ1) is 33.3. The Labute approximate surface area is 347 Å². The van der Waals surface area contributed by atoms with E-state index in [4.69, 9.17) is 23.2 Å². The Balaban J connectivity index is 1.34. The summed E-state index contributed by atoms with van der Waals surface area (Å²) in [5.41, 5.74) is 0.602. The zero-order chi connectivity index (χ0) is 48.2. The second-order valence-electron chi connectivity index (χ2n) is 13.5. The van der Waals surface area contributed by atoms with Crippen LogP contribution >= 0.6 is 0 Å². The fourth-order valence-electron chi connectivity index (χ4n) is 8.06. The van der Waals surface area contributed by atoms with Crippen LogP contribution in [0.1, 0.15) is 16.4 Å². The minimum absolute atomic E-state index is 0.0265. The lowest BCUT2D eigenvalue weighted by atomic mass is 10.2. The minimum atomic E-state index is -3.77. The molecule has 11 rings (SSSR count). The molecule has 6 heteroatoms. The van der Waals surface area contributed by atoms with Gasteiger partial charge in [0.15, 0.2) is 13.9 Å². The molecule has 268 valence electrons. The van der Waals surface area contributed by atoms with Gasteiger partial charge in [-0.2, -0.15) is 15.0 Å². The predicted octanol–water partition coefficient (Wildman–Crippen LogP) is 9.11. The summed E-state index contributed by atoms with van der Waals surface area (Å²) in [5.74, 6) is -0.717. The van der Waals surface area contributed by atoms with Crippen LogP contribution in [0.25, 0.3) is 66.9 Å². The Morgan fingerprint density at radius 1 is 0.368 bits per heavy atom. The van der Waals surface area contributed by atoms with Gasteiger partial charge in [0, 0.05) is 27.1 Å². The van der Waals surface area contributed by atoms with Crippen LogP contribution in [0.3, 0.4) is 0 Å². The monoisotopic (exact) mass is 757 g/mol. The first kappa shape index (κ1) is 22.8. The fraction of sp³-hybridized carbons (Fsp3) is 0. The number of fused-ring (bicyclic) bond motifs is 6. The molecule has 3 heterocycles. The summed E-state index contributed by atoms with van der Waals surface area (Å²) in [7, 11) is -3.77. The van der Waals surface area contributed by atoms with E-state index in [0.717, 1.165) is 15.6 Å². The molecule has 57 heavy (non-hydrogen) atoms. The Morgan fingerprint density at radius 2 is 0.807 bits per heavy atom. The number of hydrogen-bond acceptors (Lipinski definition) is 3. The summed E-state index contributed by atoms with van der Waals surface area (Å²) < 4.78 is 114. The van der Waals surface area contributed by atoms with Crippen molar-refractivity contribution in [3.05, 3.63) is 212 Å². The van der Waals surface area contributed by atoms with E-state index in [2.05, 4.69) is 0 Å². The molecule has 0 bridgehead atoms. The lowest BCUT2D eigenvalue weighted by molar-refractivity contribution is 0.893. The summed E-state index contributed by atoms with van der Waals surface area (Å²) in [6.45, 7) is 0. The molecule has 0 fully saturated rings. The highest BCUT2D eigenvalue weighted by Crippen LogP contribution is 2.34. The lowest BCUT2D eigenvalue weighted by Crippen LogP contribution is -2.74. The van der Waals surface area contributed by atoms with Crippen LogP contribution in [0.4, 0.5) is 0 Å². The van der Waals surface area contributed by atoms with Gasteiger partial charge in [-0.25, -0.2) is 0 Å². The van der Waals surface area contributed by atoms with Gasteiger partial charge in [-0.05, 0) is 45.0 Å². The van der Waals surface area contributed by atoms with Crippen LogP contribution in [0.15, 0.2) is 212 Å². The highest BCUT2D eigenvalue weighted by molar-refractivity contribution is 7.19. The van der Waals surface area contributed by atoms with Crippen molar-refractivity contribution in [1.82, 2.24) is 24.1 Å².